The largest absolute Gasteiger partial charge is 0.568 e. The van der Waals surface area contributed by atoms with Crippen LogP contribution in [0.2, 0.25) is 0 Å². The van der Waals surface area contributed by atoms with E-state index in [1.807, 2.05) is 30.3 Å². The molecule has 0 atom stereocenters. The zero-order chi connectivity index (χ0) is 18.4. The highest BCUT2D eigenvalue weighted by atomic mass is 16.3. The Kier molecular flexibility index (Phi) is 3.26. The topological polar surface area (TPSA) is 94.8 Å². The third-order valence-electron chi connectivity index (χ3n) is 4.42. The Morgan fingerprint density at radius 1 is 0.963 bits per heavy atom. The van der Waals surface area contributed by atoms with Gasteiger partial charge in [-0.3, -0.25) is 0 Å². The number of hydrogen-bond donors (Lipinski definition) is 2. The van der Waals surface area contributed by atoms with Gasteiger partial charge in [0.05, 0.1) is 17.9 Å². The van der Waals surface area contributed by atoms with Crippen molar-refractivity contribution in [3.05, 3.63) is 67.0 Å². The maximum absolute atomic E-state index is 12.1. The van der Waals surface area contributed by atoms with Crippen LogP contribution < -0.4 is 4.57 Å². The average Bonchev–Trinajstić information content (AvgIpc) is 3.21. The molecular weight excluding hydrogens is 344 g/mol. The van der Waals surface area contributed by atoms with Gasteiger partial charge in [-0.15, -0.1) is 0 Å². The zero-order valence-electron chi connectivity index (χ0n) is 14.0. The van der Waals surface area contributed by atoms with E-state index in [-0.39, 0.29) is 11.6 Å². The average molecular weight is 357 g/mol. The summed E-state index contributed by atoms with van der Waals surface area (Å²) in [6, 6.07) is 16.1. The van der Waals surface area contributed by atoms with Crippen molar-refractivity contribution in [1.29, 1.82) is 0 Å². The van der Waals surface area contributed by atoms with Crippen molar-refractivity contribution >= 4 is 44.6 Å². The molecule has 2 aromatic carbocycles. The number of aromatic amines is 1. The van der Waals surface area contributed by atoms with Gasteiger partial charge in [-0.1, -0.05) is 24.3 Å². The molecule has 1 amide bonds. The maximum Gasteiger partial charge on any atom is 0.568 e. The van der Waals surface area contributed by atoms with Crippen molar-refractivity contribution in [2.75, 3.05) is 0 Å². The van der Waals surface area contributed by atoms with Crippen LogP contribution in [0.5, 0.6) is 5.88 Å². The van der Waals surface area contributed by atoms with Gasteiger partial charge in [0.1, 0.15) is 16.3 Å². The highest BCUT2D eigenvalue weighted by Gasteiger charge is 2.19. The van der Waals surface area contributed by atoms with Gasteiger partial charge < -0.3 is 14.5 Å². The smallest absolute Gasteiger partial charge is 0.493 e. The number of nitrogens with zero attached hydrogens (tertiary/aromatic N) is 3. The number of pyridine rings is 1. The molecule has 130 valence electrons. The van der Waals surface area contributed by atoms with Crippen molar-refractivity contribution < 1.29 is 18.9 Å². The molecule has 2 N–H and O–H groups in total. The van der Waals surface area contributed by atoms with Crippen LogP contribution in [0.3, 0.4) is 0 Å². The molecule has 0 aliphatic heterocycles. The summed E-state index contributed by atoms with van der Waals surface area (Å²) in [5.74, 6) is -0.156. The van der Waals surface area contributed by atoms with Crippen molar-refractivity contribution in [3.63, 3.8) is 0 Å². The van der Waals surface area contributed by atoms with Gasteiger partial charge in [0.25, 0.3) is 0 Å². The first-order valence-electron chi connectivity index (χ1n) is 8.29. The molecule has 0 saturated carbocycles. The number of nitrogens with one attached hydrogen (secondary N) is 1. The van der Waals surface area contributed by atoms with E-state index in [0.717, 1.165) is 16.4 Å². The van der Waals surface area contributed by atoms with Crippen LogP contribution in [-0.4, -0.2) is 16.1 Å². The number of carbonyl (C=O) groups is 1. The van der Waals surface area contributed by atoms with Gasteiger partial charge in [-0.2, -0.15) is 9.36 Å². The normalized spacial score (nSPS) is 11.9. The van der Waals surface area contributed by atoms with Gasteiger partial charge in [0, 0.05) is 22.2 Å². The maximum atomic E-state index is 12.1. The third kappa shape index (κ3) is 2.44. The van der Waals surface area contributed by atoms with Gasteiger partial charge in [-0.25, -0.2) is 0 Å². The molecule has 0 aliphatic carbocycles. The van der Waals surface area contributed by atoms with E-state index in [2.05, 4.69) is 15.2 Å². The van der Waals surface area contributed by atoms with Crippen LogP contribution >= 0.6 is 0 Å². The molecule has 0 fully saturated rings. The van der Waals surface area contributed by atoms with Crippen LogP contribution in [0.15, 0.2) is 81.6 Å². The first kappa shape index (κ1) is 15.3. The number of para-hydroxylation sites is 1. The van der Waals surface area contributed by atoms with Crippen molar-refractivity contribution in [3.8, 4) is 5.88 Å². The highest BCUT2D eigenvalue weighted by molar-refractivity contribution is 6.12. The Labute approximate surface area is 152 Å². The SMILES string of the molecule is O=C(N=Nc1c(O)[nH]c2cc3oc4ccccc4c3cc12)[n+]1ccccc1. The zero-order valence-corrected chi connectivity index (χ0v) is 14.0. The van der Waals surface area contributed by atoms with Crippen LogP contribution in [0.25, 0.3) is 32.8 Å². The lowest BCUT2D eigenvalue weighted by molar-refractivity contribution is -0.569. The fourth-order valence-corrected chi connectivity index (χ4v) is 3.16. The van der Waals surface area contributed by atoms with E-state index in [0.29, 0.717) is 16.5 Å². The van der Waals surface area contributed by atoms with Crippen LogP contribution in [0.1, 0.15) is 0 Å². The van der Waals surface area contributed by atoms with E-state index in [1.165, 1.54) is 4.57 Å². The number of furan rings is 1. The van der Waals surface area contributed by atoms with Crippen LogP contribution in [-0.2, 0) is 0 Å². The predicted octanol–water partition coefficient (Wildman–Crippen LogP) is 4.81. The number of rotatable bonds is 1. The Balaban J connectivity index is 1.65. The summed E-state index contributed by atoms with van der Waals surface area (Å²) in [4.78, 5) is 15.0. The van der Waals surface area contributed by atoms with E-state index < -0.39 is 6.03 Å². The minimum absolute atomic E-state index is 0.156. The number of aromatic nitrogens is 2. The van der Waals surface area contributed by atoms with Crippen LogP contribution in [0.4, 0.5) is 10.5 Å². The van der Waals surface area contributed by atoms with Gasteiger partial charge >= 0.3 is 6.03 Å². The summed E-state index contributed by atoms with van der Waals surface area (Å²) in [7, 11) is 0. The Morgan fingerprint density at radius 3 is 2.63 bits per heavy atom. The van der Waals surface area contributed by atoms with Crippen molar-refractivity contribution in [2.24, 2.45) is 10.2 Å². The second-order valence-electron chi connectivity index (χ2n) is 6.08. The molecule has 0 radical (unpaired) electrons. The van der Waals surface area contributed by atoms with E-state index in [1.54, 1.807) is 36.7 Å². The Hall–Kier alpha value is -4.00. The number of fused-ring (bicyclic) bond motifs is 4. The summed E-state index contributed by atoms with van der Waals surface area (Å²) >= 11 is 0. The number of H-pyrrole nitrogens is 1. The first-order chi connectivity index (χ1) is 13.2. The monoisotopic (exact) mass is 357 g/mol. The van der Waals surface area contributed by atoms with Gasteiger partial charge in [0.15, 0.2) is 5.69 Å². The summed E-state index contributed by atoms with van der Waals surface area (Å²) < 4.78 is 7.16. The molecule has 27 heavy (non-hydrogen) atoms. The molecular formula is C20H13N4O3+. The lowest BCUT2D eigenvalue weighted by Crippen LogP contribution is -2.38. The quantitative estimate of drug-likeness (QED) is 0.333. The fraction of sp³-hybridized carbons (Fsp3) is 0. The fourth-order valence-electron chi connectivity index (χ4n) is 3.16. The molecule has 5 rings (SSSR count). The number of hydrogen-bond acceptors (Lipinski definition) is 4. The second-order valence-corrected chi connectivity index (χ2v) is 6.08. The molecule has 0 bridgehead atoms. The van der Waals surface area contributed by atoms with E-state index >= 15 is 0 Å². The van der Waals surface area contributed by atoms with Gasteiger partial charge in [0.2, 0.25) is 5.88 Å². The van der Waals surface area contributed by atoms with Crippen LogP contribution in [0, 0.1) is 0 Å². The molecule has 7 heteroatoms. The molecule has 0 saturated heterocycles. The van der Waals surface area contributed by atoms with E-state index in [4.69, 9.17) is 4.42 Å². The van der Waals surface area contributed by atoms with E-state index in [9.17, 15) is 9.90 Å². The Morgan fingerprint density at radius 2 is 1.78 bits per heavy atom. The predicted molar refractivity (Wildman–Crippen MR) is 99.2 cm³/mol. The number of aromatic hydroxyl groups is 1. The lowest BCUT2D eigenvalue weighted by atomic mass is 10.1. The second kappa shape index (κ2) is 5.77. The number of carbonyl (C=O) groups excluding carboxylic acids is 1. The summed E-state index contributed by atoms with van der Waals surface area (Å²) in [6.45, 7) is 0. The van der Waals surface area contributed by atoms with Gasteiger partial charge in [-0.05, 0) is 29.4 Å². The molecule has 7 nitrogen and oxygen atoms in total. The molecule has 3 aromatic heterocycles. The summed E-state index contributed by atoms with van der Waals surface area (Å²) in [6.07, 6.45) is 3.16. The Bertz CT molecular complexity index is 1350. The summed E-state index contributed by atoms with van der Waals surface area (Å²) in [5.41, 5.74) is 2.34. The van der Waals surface area contributed by atoms with Crippen molar-refractivity contribution in [1.82, 2.24) is 4.98 Å². The molecule has 0 spiro atoms. The standard InChI is InChI=1S/C20H12N4O3/c25-19-18(22-23-20(26)24-8-4-1-5-9-24)14-10-13-12-6-2-3-7-16(12)27-17(13)11-15(14)21-19/h1-11H,(H-,21,22,23,25,26)/p+1. The minimum atomic E-state index is -0.556. The number of benzene rings is 2. The lowest BCUT2D eigenvalue weighted by Gasteiger charge is -1.92. The molecule has 0 aliphatic rings. The third-order valence-corrected chi connectivity index (χ3v) is 4.42. The highest BCUT2D eigenvalue weighted by Crippen LogP contribution is 2.40. The number of azo groups is 1. The molecule has 3 heterocycles. The molecule has 5 aromatic rings. The van der Waals surface area contributed by atoms with Crippen molar-refractivity contribution in [2.45, 2.75) is 0 Å². The first-order valence-corrected chi connectivity index (χ1v) is 8.29. The number of amides is 1. The summed E-state index contributed by atoms with van der Waals surface area (Å²) in [5, 5.41) is 20.4. The molecule has 0 unspecified atom stereocenters. The minimum Gasteiger partial charge on any atom is -0.493 e.